The second-order valence-corrected chi connectivity index (χ2v) is 7.05. The van der Waals surface area contributed by atoms with E-state index < -0.39 is 0 Å². The van der Waals surface area contributed by atoms with Gasteiger partial charge >= 0.3 is 0 Å². The second-order valence-electron chi connectivity index (χ2n) is 6.64. The number of ether oxygens (including phenoxy) is 1. The SMILES string of the molecule is O=C(N/N=C\c1ccccc1OCc1ccccc1Cl)c1cccc2ccccc12. The molecule has 0 bridgehead atoms. The molecule has 4 aromatic rings. The van der Waals surface area contributed by atoms with Crippen molar-refractivity contribution in [3.8, 4) is 5.75 Å². The van der Waals surface area contributed by atoms with Crippen LogP contribution >= 0.6 is 11.6 Å². The van der Waals surface area contributed by atoms with Crippen LogP contribution in [0.4, 0.5) is 0 Å². The molecular formula is C25H19ClN2O2. The van der Waals surface area contributed by atoms with Crippen LogP contribution in [0.1, 0.15) is 21.5 Å². The first-order valence-electron chi connectivity index (χ1n) is 9.49. The normalized spacial score (nSPS) is 11.0. The fourth-order valence-corrected chi connectivity index (χ4v) is 3.32. The van der Waals surface area contributed by atoms with E-state index in [2.05, 4.69) is 10.5 Å². The van der Waals surface area contributed by atoms with Gasteiger partial charge in [0.1, 0.15) is 12.4 Å². The highest BCUT2D eigenvalue weighted by Gasteiger charge is 2.09. The van der Waals surface area contributed by atoms with Gasteiger partial charge in [0, 0.05) is 21.7 Å². The maximum absolute atomic E-state index is 12.6. The number of benzene rings is 4. The number of amides is 1. The molecule has 1 amide bonds. The van der Waals surface area contributed by atoms with Gasteiger partial charge < -0.3 is 4.74 Å². The molecule has 30 heavy (non-hydrogen) atoms. The molecule has 0 aliphatic rings. The number of halogens is 1. The van der Waals surface area contributed by atoms with Gasteiger partial charge in [-0.3, -0.25) is 4.79 Å². The Kier molecular flexibility index (Phi) is 6.06. The number of hydrazone groups is 1. The van der Waals surface area contributed by atoms with Crippen LogP contribution in [0.15, 0.2) is 96.1 Å². The lowest BCUT2D eigenvalue weighted by molar-refractivity contribution is 0.0957. The molecule has 4 aromatic carbocycles. The highest BCUT2D eigenvalue weighted by molar-refractivity contribution is 6.31. The first-order chi connectivity index (χ1) is 14.7. The molecule has 4 rings (SSSR count). The largest absolute Gasteiger partial charge is 0.488 e. The van der Waals surface area contributed by atoms with E-state index >= 15 is 0 Å². The third kappa shape index (κ3) is 4.50. The maximum atomic E-state index is 12.6. The summed E-state index contributed by atoms with van der Waals surface area (Å²) in [5.74, 6) is 0.387. The number of nitrogens with one attached hydrogen (secondary N) is 1. The van der Waals surface area contributed by atoms with Crippen molar-refractivity contribution in [1.29, 1.82) is 0 Å². The topological polar surface area (TPSA) is 50.7 Å². The number of hydrogen-bond donors (Lipinski definition) is 1. The quantitative estimate of drug-likeness (QED) is 0.318. The molecule has 0 saturated carbocycles. The van der Waals surface area contributed by atoms with E-state index in [9.17, 15) is 4.79 Å². The van der Waals surface area contributed by atoms with Crippen molar-refractivity contribution < 1.29 is 9.53 Å². The molecule has 0 aliphatic heterocycles. The lowest BCUT2D eigenvalue weighted by atomic mass is 10.0. The van der Waals surface area contributed by atoms with Crippen LogP contribution < -0.4 is 10.2 Å². The van der Waals surface area contributed by atoms with E-state index in [0.717, 1.165) is 21.9 Å². The zero-order valence-electron chi connectivity index (χ0n) is 16.1. The summed E-state index contributed by atoms with van der Waals surface area (Å²) >= 11 is 6.19. The Bertz CT molecular complexity index is 1220. The maximum Gasteiger partial charge on any atom is 0.271 e. The third-order valence-electron chi connectivity index (χ3n) is 4.66. The van der Waals surface area contributed by atoms with Gasteiger partial charge in [-0.2, -0.15) is 5.10 Å². The van der Waals surface area contributed by atoms with Gasteiger partial charge in [-0.05, 0) is 35.0 Å². The lowest BCUT2D eigenvalue weighted by Crippen LogP contribution is -2.18. The Hall–Kier alpha value is -3.63. The van der Waals surface area contributed by atoms with Crippen molar-refractivity contribution in [2.24, 2.45) is 5.10 Å². The molecule has 148 valence electrons. The molecule has 0 aliphatic carbocycles. The van der Waals surface area contributed by atoms with E-state index in [0.29, 0.717) is 22.9 Å². The fraction of sp³-hybridized carbons (Fsp3) is 0.0400. The number of nitrogens with zero attached hydrogens (tertiary/aromatic N) is 1. The summed E-state index contributed by atoms with van der Waals surface area (Å²) in [6.45, 7) is 0.340. The van der Waals surface area contributed by atoms with E-state index in [1.807, 2.05) is 84.9 Å². The van der Waals surface area contributed by atoms with Crippen LogP contribution in [-0.2, 0) is 6.61 Å². The van der Waals surface area contributed by atoms with Gasteiger partial charge in [0.2, 0.25) is 0 Å². The predicted molar refractivity (Wildman–Crippen MR) is 121 cm³/mol. The molecule has 0 heterocycles. The zero-order chi connectivity index (χ0) is 20.8. The number of para-hydroxylation sites is 1. The molecule has 5 heteroatoms. The number of rotatable bonds is 6. The van der Waals surface area contributed by atoms with Gasteiger partial charge in [-0.25, -0.2) is 5.43 Å². The summed E-state index contributed by atoms with van der Waals surface area (Å²) in [6.07, 6.45) is 1.57. The van der Waals surface area contributed by atoms with Crippen molar-refractivity contribution in [1.82, 2.24) is 5.43 Å². The summed E-state index contributed by atoms with van der Waals surface area (Å²) in [4.78, 5) is 12.6. The van der Waals surface area contributed by atoms with E-state index in [4.69, 9.17) is 16.3 Å². The van der Waals surface area contributed by atoms with Crippen LogP contribution in [0, 0.1) is 0 Å². The zero-order valence-corrected chi connectivity index (χ0v) is 16.8. The van der Waals surface area contributed by atoms with Crippen LogP contribution in [0.5, 0.6) is 5.75 Å². The summed E-state index contributed by atoms with van der Waals surface area (Å²) in [5, 5.41) is 6.68. The molecule has 0 radical (unpaired) electrons. The summed E-state index contributed by atoms with van der Waals surface area (Å²) in [6, 6.07) is 28.4. The summed E-state index contributed by atoms with van der Waals surface area (Å²) in [7, 11) is 0. The van der Waals surface area contributed by atoms with Gasteiger partial charge in [0.15, 0.2) is 0 Å². The molecule has 0 fully saturated rings. The summed E-state index contributed by atoms with van der Waals surface area (Å²) in [5.41, 5.74) is 4.83. The fourth-order valence-electron chi connectivity index (χ4n) is 3.13. The number of fused-ring (bicyclic) bond motifs is 1. The highest BCUT2D eigenvalue weighted by atomic mass is 35.5. The first kappa shape index (κ1) is 19.7. The lowest BCUT2D eigenvalue weighted by Gasteiger charge is -2.10. The Balaban J connectivity index is 1.47. The van der Waals surface area contributed by atoms with Gasteiger partial charge in [0.25, 0.3) is 5.91 Å². The Morgan fingerprint density at radius 3 is 2.53 bits per heavy atom. The van der Waals surface area contributed by atoms with Crippen molar-refractivity contribution in [3.05, 3.63) is 113 Å². The van der Waals surface area contributed by atoms with Crippen molar-refractivity contribution in [3.63, 3.8) is 0 Å². The van der Waals surface area contributed by atoms with Crippen LogP contribution in [0.3, 0.4) is 0 Å². The Morgan fingerprint density at radius 1 is 0.900 bits per heavy atom. The minimum Gasteiger partial charge on any atom is -0.488 e. The number of carbonyl (C=O) groups excluding carboxylic acids is 1. The molecule has 0 unspecified atom stereocenters. The van der Waals surface area contributed by atoms with Crippen LogP contribution in [-0.4, -0.2) is 12.1 Å². The molecular weight excluding hydrogens is 396 g/mol. The minimum absolute atomic E-state index is 0.266. The van der Waals surface area contributed by atoms with E-state index in [1.54, 1.807) is 12.3 Å². The second kappa shape index (κ2) is 9.25. The van der Waals surface area contributed by atoms with Crippen molar-refractivity contribution in [2.75, 3.05) is 0 Å². The molecule has 0 atom stereocenters. The van der Waals surface area contributed by atoms with Crippen LogP contribution in [0.2, 0.25) is 5.02 Å². The minimum atomic E-state index is -0.266. The Morgan fingerprint density at radius 2 is 1.63 bits per heavy atom. The predicted octanol–water partition coefficient (Wildman–Crippen LogP) is 5.84. The van der Waals surface area contributed by atoms with Crippen LogP contribution in [0.25, 0.3) is 10.8 Å². The number of hydrogen-bond acceptors (Lipinski definition) is 3. The third-order valence-corrected chi connectivity index (χ3v) is 5.03. The molecule has 4 nitrogen and oxygen atoms in total. The monoisotopic (exact) mass is 414 g/mol. The first-order valence-corrected chi connectivity index (χ1v) is 9.86. The Labute approximate surface area is 179 Å². The average molecular weight is 415 g/mol. The van der Waals surface area contributed by atoms with E-state index in [-0.39, 0.29) is 5.91 Å². The average Bonchev–Trinajstić information content (AvgIpc) is 2.79. The molecule has 1 N–H and O–H groups in total. The van der Waals surface area contributed by atoms with Crippen molar-refractivity contribution in [2.45, 2.75) is 6.61 Å². The number of carbonyl (C=O) groups is 1. The smallest absolute Gasteiger partial charge is 0.271 e. The molecule has 0 spiro atoms. The highest BCUT2D eigenvalue weighted by Crippen LogP contribution is 2.21. The molecule has 0 aromatic heterocycles. The van der Waals surface area contributed by atoms with Gasteiger partial charge in [-0.15, -0.1) is 0 Å². The summed E-state index contributed by atoms with van der Waals surface area (Å²) < 4.78 is 5.92. The van der Waals surface area contributed by atoms with Gasteiger partial charge in [0.05, 0.1) is 6.21 Å². The van der Waals surface area contributed by atoms with E-state index in [1.165, 1.54) is 0 Å². The molecule has 0 saturated heterocycles. The standard InChI is InChI=1S/C25H19ClN2O2/c26-23-14-5-2-10-20(23)17-30-24-15-6-3-9-19(24)16-27-28-25(29)22-13-7-11-18-8-1-4-12-21(18)22/h1-16H,17H2,(H,28,29)/b27-16-. The van der Waals surface area contributed by atoms with Gasteiger partial charge in [-0.1, -0.05) is 78.3 Å². The van der Waals surface area contributed by atoms with Crippen molar-refractivity contribution >= 4 is 34.5 Å².